The molecule has 0 radical (unpaired) electrons. The van der Waals surface area contributed by atoms with E-state index in [1.54, 1.807) is 0 Å². The first-order chi connectivity index (χ1) is 4.81. The Morgan fingerprint density at radius 2 is 1.90 bits per heavy atom. The third-order valence-electron chi connectivity index (χ3n) is 3.01. The smallest absolute Gasteiger partial charge is 0.0695 e. The lowest BCUT2D eigenvalue weighted by Gasteiger charge is -2.26. The highest BCUT2D eigenvalue weighted by Crippen LogP contribution is 2.49. The topological polar surface area (TPSA) is 32.3 Å². The van der Waals surface area contributed by atoms with Crippen LogP contribution >= 0.6 is 0 Å². The SMILES string of the molecule is CNC1C[C@H]2C[C@@H]2CC1O. The molecule has 0 heterocycles. The zero-order chi connectivity index (χ0) is 7.14. The molecule has 0 aliphatic heterocycles. The van der Waals surface area contributed by atoms with Gasteiger partial charge in [0.1, 0.15) is 0 Å². The predicted molar refractivity (Wildman–Crippen MR) is 39.7 cm³/mol. The van der Waals surface area contributed by atoms with Gasteiger partial charge in [-0.25, -0.2) is 0 Å². The molecule has 0 spiro atoms. The van der Waals surface area contributed by atoms with E-state index in [1.807, 2.05) is 7.05 Å². The van der Waals surface area contributed by atoms with Gasteiger partial charge in [0, 0.05) is 6.04 Å². The van der Waals surface area contributed by atoms with E-state index >= 15 is 0 Å². The first kappa shape index (κ1) is 6.62. The molecule has 2 N–H and O–H groups in total. The minimum atomic E-state index is -0.0752. The monoisotopic (exact) mass is 141 g/mol. The molecule has 4 atom stereocenters. The van der Waals surface area contributed by atoms with Crippen molar-refractivity contribution in [2.75, 3.05) is 7.05 Å². The maximum atomic E-state index is 9.50. The van der Waals surface area contributed by atoms with Crippen LogP contribution < -0.4 is 5.32 Å². The standard InChI is InChI=1S/C8H15NO/c1-9-7-3-5-2-6(5)4-8(7)10/h5-10H,2-4H2,1H3/t5-,6-,7?,8?/m1/s1. The molecule has 2 rings (SSSR count). The lowest BCUT2D eigenvalue weighted by atomic mass is 9.93. The molecule has 2 aliphatic carbocycles. The minimum absolute atomic E-state index is 0.0752. The van der Waals surface area contributed by atoms with Crippen LogP contribution in [-0.2, 0) is 0 Å². The van der Waals surface area contributed by atoms with Crippen molar-refractivity contribution in [1.29, 1.82) is 0 Å². The van der Waals surface area contributed by atoms with Crippen LogP contribution in [0.25, 0.3) is 0 Å². The van der Waals surface area contributed by atoms with Crippen molar-refractivity contribution in [3.8, 4) is 0 Å². The lowest BCUT2D eigenvalue weighted by molar-refractivity contribution is 0.0902. The second kappa shape index (κ2) is 2.21. The maximum Gasteiger partial charge on any atom is 0.0695 e. The zero-order valence-corrected chi connectivity index (χ0v) is 6.38. The van der Waals surface area contributed by atoms with Crippen LogP contribution in [0.3, 0.4) is 0 Å². The van der Waals surface area contributed by atoms with Crippen molar-refractivity contribution in [3.05, 3.63) is 0 Å². The van der Waals surface area contributed by atoms with Crippen molar-refractivity contribution < 1.29 is 5.11 Å². The Bertz CT molecular complexity index is 137. The molecule has 2 unspecified atom stereocenters. The van der Waals surface area contributed by atoms with E-state index in [-0.39, 0.29) is 6.10 Å². The summed E-state index contributed by atoms with van der Waals surface area (Å²) in [5.74, 6) is 1.82. The van der Waals surface area contributed by atoms with Gasteiger partial charge in [-0.1, -0.05) is 0 Å². The van der Waals surface area contributed by atoms with Crippen LogP contribution in [0.1, 0.15) is 19.3 Å². The van der Waals surface area contributed by atoms with Crippen molar-refractivity contribution in [3.63, 3.8) is 0 Å². The molecule has 2 fully saturated rings. The molecule has 2 nitrogen and oxygen atoms in total. The fourth-order valence-corrected chi connectivity index (χ4v) is 2.16. The van der Waals surface area contributed by atoms with Gasteiger partial charge in [0.2, 0.25) is 0 Å². The predicted octanol–water partition coefficient (Wildman–Crippen LogP) is 0.365. The van der Waals surface area contributed by atoms with Gasteiger partial charge < -0.3 is 10.4 Å². The number of hydrogen-bond donors (Lipinski definition) is 2. The van der Waals surface area contributed by atoms with Crippen LogP contribution in [0.15, 0.2) is 0 Å². The molecule has 0 aromatic carbocycles. The van der Waals surface area contributed by atoms with E-state index in [1.165, 1.54) is 12.8 Å². The molecule has 0 aromatic rings. The number of likely N-dealkylation sites (N-methyl/N-ethyl adjacent to an activating group) is 1. The molecule has 0 amide bonds. The summed E-state index contributed by atoms with van der Waals surface area (Å²) in [6, 6.07) is 0.378. The molecule has 0 saturated heterocycles. The summed E-state index contributed by atoms with van der Waals surface area (Å²) in [5, 5.41) is 12.7. The Balaban J connectivity index is 1.94. The van der Waals surface area contributed by atoms with Gasteiger partial charge >= 0.3 is 0 Å². The summed E-state index contributed by atoms with van der Waals surface area (Å²) in [6.45, 7) is 0. The molecule has 0 aromatic heterocycles. The number of aliphatic hydroxyl groups is 1. The van der Waals surface area contributed by atoms with E-state index in [4.69, 9.17) is 0 Å². The lowest BCUT2D eigenvalue weighted by Crippen LogP contribution is -2.40. The third kappa shape index (κ3) is 0.956. The van der Waals surface area contributed by atoms with E-state index < -0.39 is 0 Å². The van der Waals surface area contributed by atoms with Crippen molar-refractivity contribution >= 4 is 0 Å². The first-order valence-corrected chi connectivity index (χ1v) is 4.16. The van der Waals surface area contributed by atoms with Gasteiger partial charge in [-0.2, -0.15) is 0 Å². The summed E-state index contributed by atoms with van der Waals surface area (Å²) in [5.41, 5.74) is 0. The van der Waals surface area contributed by atoms with Crippen LogP contribution in [0.2, 0.25) is 0 Å². The van der Waals surface area contributed by atoms with Crippen molar-refractivity contribution in [2.45, 2.75) is 31.4 Å². The van der Waals surface area contributed by atoms with Crippen molar-refractivity contribution in [1.82, 2.24) is 5.32 Å². The van der Waals surface area contributed by atoms with Gasteiger partial charge in [-0.3, -0.25) is 0 Å². The minimum Gasteiger partial charge on any atom is -0.391 e. The van der Waals surface area contributed by atoms with E-state index in [2.05, 4.69) is 5.32 Å². The quantitative estimate of drug-likeness (QED) is 0.553. The second-order valence-electron chi connectivity index (χ2n) is 3.69. The molecule has 2 saturated carbocycles. The van der Waals surface area contributed by atoms with Crippen molar-refractivity contribution in [2.24, 2.45) is 11.8 Å². The zero-order valence-electron chi connectivity index (χ0n) is 6.38. The van der Waals surface area contributed by atoms with E-state index in [9.17, 15) is 5.11 Å². The van der Waals surface area contributed by atoms with E-state index in [0.29, 0.717) is 6.04 Å². The number of aliphatic hydroxyl groups excluding tert-OH is 1. The Morgan fingerprint density at radius 3 is 2.60 bits per heavy atom. The Hall–Kier alpha value is -0.0800. The maximum absolute atomic E-state index is 9.50. The van der Waals surface area contributed by atoms with Crippen LogP contribution in [-0.4, -0.2) is 24.3 Å². The number of hydrogen-bond acceptors (Lipinski definition) is 2. The summed E-state index contributed by atoms with van der Waals surface area (Å²) < 4.78 is 0. The number of nitrogens with one attached hydrogen (secondary N) is 1. The summed E-state index contributed by atoms with van der Waals surface area (Å²) in [7, 11) is 1.94. The van der Waals surface area contributed by atoms with Crippen LogP contribution in [0.4, 0.5) is 0 Å². The normalized spacial score (nSPS) is 52.2. The fourth-order valence-electron chi connectivity index (χ4n) is 2.16. The largest absolute Gasteiger partial charge is 0.391 e. The number of rotatable bonds is 1. The van der Waals surface area contributed by atoms with Gasteiger partial charge in [0.25, 0.3) is 0 Å². The fraction of sp³-hybridized carbons (Fsp3) is 1.00. The molecule has 58 valence electrons. The average molecular weight is 141 g/mol. The molecule has 0 bridgehead atoms. The molecule has 2 aliphatic rings. The Morgan fingerprint density at radius 1 is 1.20 bits per heavy atom. The molecule has 2 heteroatoms. The average Bonchev–Trinajstić information content (AvgIpc) is 2.64. The van der Waals surface area contributed by atoms with Crippen LogP contribution in [0.5, 0.6) is 0 Å². The van der Waals surface area contributed by atoms with Gasteiger partial charge in [0.05, 0.1) is 6.10 Å². The number of fused-ring (bicyclic) bond motifs is 1. The second-order valence-corrected chi connectivity index (χ2v) is 3.69. The van der Waals surface area contributed by atoms with Gasteiger partial charge in [-0.15, -0.1) is 0 Å². The highest BCUT2D eigenvalue weighted by atomic mass is 16.3. The summed E-state index contributed by atoms with van der Waals surface area (Å²) >= 11 is 0. The highest BCUT2D eigenvalue weighted by molar-refractivity contribution is 4.98. The van der Waals surface area contributed by atoms with E-state index in [0.717, 1.165) is 18.3 Å². The van der Waals surface area contributed by atoms with Gasteiger partial charge in [0.15, 0.2) is 0 Å². The Kier molecular flexibility index (Phi) is 1.46. The molecule has 10 heavy (non-hydrogen) atoms. The van der Waals surface area contributed by atoms with Crippen LogP contribution in [0, 0.1) is 11.8 Å². The molecular formula is C8H15NO. The summed E-state index contributed by atoms with van der Waals surface area (Å²) in [6.07, 6.45) is 3.53. The first-order valence-electron chi connectivity index (χ1n) is 4.16. The Labute approximate surface area is 61.6 Å². The summed E-state index contributed by atoms with van der Waals surface area (Å²) in [4.78, 5) is 0. The van der Waals surface area contributed by atoms with Gasteiger partial charge in [-0.05, 0) is 38.1 Å². The molecular weight excluding hydrogens is 126 g/mol. The third-order valence-corrected chi connectivity index (χ3v) is 3.01. The highest BCUT2D eigenvalue weighted by Gasteiger charge is 2.45.